The van der Waals surface area contributed by atoms with Crippen molar-refractivity contribution in [2.24, 2.45) is 11.7 Å². The Hall–Kier alpha value is -1.49. The molecule has 0 spiro atoms. The maximum atomic E-state index is 13.5. The maximum Gasteiger partial charge on any atom is 0.221 e. The standard InChI is InChI=1S/C13H16F2N2O/c14-11-4-3-9(12(15)6-11)7-17-5-1-2-10(8-17)13(16)18/h3-4,6,10H,1-2,5,7-8H2,(H2,16,18). The molecular formula is C13H16F2N2O. The zero-order valence-electron chi connectivity index (χ0n) is 10.0. The van der Waals surface area contributed by atoms with Crippen LogP contribution in [0.15, 0.2) is 18.2 Å². The van der Waals surface area contributed by atoms with E-state index in [-0.39, 0.29) is 11.8 Å². The van der Waals surface area contributed by atoms with E-state index in [1.807, 2.05) is 4.90 Å². The van der Waals surface area contributed by atoms with E-state index in [2.05, 4.69) is 0 Å². The van der Waals surface area contributed by atoms with Crippen molar-refractivity contribution in [3.63, 3.8) is 0 Å². The Labute approximate surface area is 105 Å². The van der Waals surface area contributed by atoms with Gasteiger partial charge in [-0.05, 0) is 25.5 Å². The van der Waals surface area contributed by atoms with Crippen LogP contribution in [0.5, 0.6) is 0 Å². The average Bonchev–Trinajstić information content (AvgIpc) is 2.33. The van der Waals surface area contributed by atoms with Crippen LogP contribution in [0.1, 0.15) is 18.4 Å². The zero-order chi connectivity index (χ0) is 13.1. The minimum absolute atomic E-state index is 0.165. The van der Waals surface area contributed by atoms with E-state index in [1.54, 1.807) is 0 Å². The van der Waals surface area contributed by atoms with Gasteiger partial charge in [0.1, 0.15) is 11.6 Å². The Balaban J connectivity index is 2.02. The second kappa shape index (κ2) is 5.44. The monoisotopic (exact) mass is 254 g/mol. The summed E-state index contributed by atoms with van der Waals surface area (Å²) >= 11 is 0. The van der Waals surface area contributed by atoms with E-state index in [0.717, 1.165) is 25.5 Å². The third kappa shape index (κ3) is 3.04. The number of carbonyl (C=O) groups is 1. The summed E-state index contributed by atoms with van der Waals surface area (Å²) in [5, 5.41) is 0. The predicted molar refractivity (Wildman–Crippen MR) is 63.6 cm³/mol. The van der Waals surface area contributed by atoms with Crippen LogP contribution in [0.3, 0.4) is 0 Å². The lowest BCUT2D eigenvalue weighted by molar-refractivity contribution is -0.123. The maximum absolute atomic E-state index is 13.5. The van der Waals surface area contributed by atoms with Gasteiger partial charge in [0.05, 0.1) is 5.92 Å². The number of carbonyl (C=O) groups excluding carboxylic acids is 1. The molecule has 1 unspecified atom stereocenters. The molecule has 1 heterocycles. The molecule has 1 aromatic carbocycles. The largest absolute Gasteiger partial charge is 0.369 e. The van der Waals surface area contributed by atoms with Crippen LogP contribution in [0, 0.1) is 17.6 Å². The predicted octanol–water partition coefficient (Wildman–Crippen LogP) is 1.66. The minimum atomic E-state index is -0.579. The topological polar surface area (TPSA) is 46.3 Å². The lowest BCUT2D eigenvalue weighted by Crippen LogP contribution is -2.40. The molecule has 1 fully saturated rings. The van der Waals surface area contributed by atoms with Gasteiger partial charge in [-0.1, -0.05) is 6.07 Å². The molecule has 2 rings (SSSR count). The van der Waals surface area contributed by atoms with Crippen molar-refractivity contribution in [3.8, 4) is 0 Å². The molecule has 5 heteroatoms. The van der Waals surface area contributed by atoms with Crippen LogP contribution >= 0.6 is 0 Å². The normalized spacial score (nSPS) is 20.9. The fourth-order valence-corrected chi connectivity index (χ4v) is 2.32. The Bertz CT molecular complexity index is 451. The molecule has 0 aliphatic carbocycles. The average molecular weight is 254 g/mol. The van der Waals surface area contributed by atoms with Crippen molar-refractivity contribution in [1.29, 1.82) is 0 Å². The van der Waals surface area contributed by atoms with E-state index >= 15 is 0 Å². The molecule has 1 aliphatic heterocycles. The Morgan fingerprint density at radius 1 is 1.44 bits per heavy atom. The molecule has 0 saturated carbocycles. The SMILES string of the molecule is NC(=O)C1CCCN(Cc2ccc(F)cc2F)C1. The summed E-state index contributed by atoms with van der Waals surface area (Å²) in [7, 11) is 0. The molecule has 2 N–H and O–H groups in total. The number of hydrogen-bond acceptors (Lipinski definition) is 2. The number of benzene rings is 1. The number of primary amides is 1. The van der Waals surface area contributed by atoms with Crippen LogP contribution in [0.2, 0.25) is 0 Å². The third-order valence-corrected chi connectivity index (χ3v) is 3.32. The molecule has 18 heavy (non-hydrogen) atoms. The number of halogens is 2. The van der Waals surface area contributed by atoms with Crippen molar-refractivity contribution in [3.05, 3.63) is 35.4 Å². The van der Waals surface area contributed by atoms with E-state index in [9.17, 15) is 13.6 Å². The molecule has 1 amide bonds. The first-order chi connectivity index (χ1) is 8.56. The van der Waals surface area contributed by atoms with Gasteiger partial charge in [0.25, 0.3) is 0 Å². The van der Waals surface area contributed by atoms with Crippen LogP contribution < -0.4 is 5.73 Å². The van der Waals surface area contributed by atoms with Crippen molar-refractivity contribution in [2.45, 2.75) is 19.4 Å². The highest BCUT2D eigenvalue weighted by Crippen LogP contribution is 2.19. The molecule has 0 radical (unpaired) electrons. The second-order valence-corrected chi connectivity index (χ2v) is 4.71. The molecule has 0 aromatic heterocycles. The summed E-state index contributed by atoms with van der Waals surface area (Å²) in [5.41, 5.74) is 5.73. The van der Waals surface area contributed by atoms with Crippen LogP contribution in [0.25, 0.3) is 0 Å². The second-order valence-electron chi connectivity index (χ2n) is 4.71. The summed E-state index contributed by atoms with van der Waals surface area (Å²) < 4.78 is 26.3. The summed E-state index contributed by atoms with van der Waals surface area (Å²) in [6, 6.07) is 3.57. The van der Waals surface area contributed by atoms with Crippen LogP contribution in [-0.2, 0) is 11.3 Å². The smallest absolute Gasteiger partial charge is 0.221 e. The number of amides is 1. The quantitative estimate of drug-likeness (QED) is 0.891. The number of nitrogens with two attached hydrogens (primary N) is 1. The number of rotatable bonds is 3. The fourth-order valence-electron chi connectivity index (χ4n) is 2.32. The highest BCUT2D eigenvalue weighted by atomic mass is 19.1. The fraction of sp³-hybridized carbons (Fsp3) is 0.462. The van der Waals surface area contributed by atoms with E-state index < -0.39 is 11.6 Å². The summed E-state index contributed by atoms with van der Waals surface area (Å²) in [5.74, 6) is -1.59. The van der Waals surface area contributed by atoms with Crippen molar-refractivity contribution >= 4 is 5.91 Å². The van der Waals surface area contributed by atoms with Gasteiger partial charge in [-0.2, -0.15) is 0 Å². The van der Waals surface area contributed by atoms with Gasteiger partial charge in [0.15, 0.2) is 0 Å². The number of likely N-dealkylation sites (tertiary alicyclic amines) is 1. The highest BCUT2D eigenvalue weighted by molar-refractivity contribution is 5.76. The lowest BCUT2D eigenvalue weighted by atomic mass is 9.97. The molecule has 3 nitrogen and oxygen atoms in total. The van der Waals surface area contributed by atoms with E-state index in [1.165, 1.54) is 12.1 Å². The number of piperidine rings is 1. The first-order valence-corrected chi connectivity index (χ1v) is 6.02. The minimum Gasteiger partial charge on any atom is -0.369 e. The summed E-state index contributed by atoms with van der Waals surface area (Å²) in [6.45, 7) is 1.74. The van der Waals surface area contributed by atoms with Crippen molar-refractivity contribution in [1.82, 2.24) is 4.90 Å². The highest BCUT2D eigenvalue weighted by Gasteiger charge is 2.24. The molecule has 1 aromatic rings. The molecule has 1 saturated heterocycles. The van der Waals surface area contributed by atoms with E-state index in [0.29, 0.717) is 18.7 Å². The summed E-state index contributed by atoms with van der Waals surface area (Å²) in [4.78, 5) is 13.1. The van der Waals surface area contributed by atoms with Gasteiger partial charge in [0.2, 0.25) is 5.91 Å². The van der Waals surface area contributed by atoms with Gasteiger partial charge < -0.3 is 5.73 Å². The molecule has 98 valence electrons. The first-order valence-electron chi connectivity index (χ1n) is 6.02. The lowest BCUT2D eigenvalue weighted by Gasteiger charge is -2.31. The summed E-state index contributed by atoms with van der Waals surface area (Å²) in [6.07, 6.45) is 1.66. The van der Waals surface area contributed by atoms with Gasteiger partial charge in [-0.3, -0.25) is 9.69 Å². The van der Waals surface area contributed by atoms with Crippen LogP contribution in [0.4, 0.5) is 8.78 Å². The number of hydrogen-bond donors (Lipinski definition) is 1. The van der Waals surface area contributed by atoms with Crippen molar-refractivity contribution in [2.75, 3.05) is 13.1 Å². The first kappa shape index (κ1) is 13.0. The Morgan fingerprint density at radius 2 is 2.22 bits per heavy atom. The van der Waals surface area contributed by atoms with E-state index in [4.69, 9.17) is 5.73 Å². The zero-order valence-corrected chi connectivity index (χ0v) is 10.0. The third-order valence-electron chi connectivity index (χ3n) is 3.32. The molecule has 0 bridgehead atoms. The van der Waals surface area contributed by atoms with Gasteiger partial charge in [-0.25, -0.2) is 8.78 Å². The van der Waals surface area contributed by atoms with Gasteiger partial charge in [0, 0.05) is 24.7 Å². The molecule has 1 atom stereocenters. The Morgan fingerprint density at radius 3 is 2.89 bits per heavy atom. The molecule has 1 aliphatic rings. The van der Waals surface area contributed by atoms with Gasteiger partial charge in [-0.15, -0.1) is 0 Å². The Kier molecular flexibility index (Phi) is 3.91. The van der Waals surface area contributed by atoms with Crippen molar-refractivity contribution < 1.29 is 13.6 Å². The number of nitrogens with zero attached hydrogens (tertiary/aromatic N) is 1. The molecular weight excluding hydrogens is 238 g/mol. The van der Waals surface area contributed by atoms with Gasteiger partial charge >= 0.3 is 0 Å². The van der Waals surface area contributed by atoms with Crippen LogP contribution in [-0.4, -0.2) is 23.9 Å².